The Bertz CT molecular complexity index is 646. The van der Waals surface area contributed by atoms with E-state index in [-0.39, 0.29) is 16.8 Å². The molecule has 0 saturated heterocycles. The van der Waals surface area contributed by atoms with E-state index in [2.05, 4.69) is 5.32 Å². The van der Waals surface area contributed by atoms with Crippen molar-refractivity contribution in [1.82, 2.24) is 0 Å². The second-order valence-corrected chi connectivity index (χ2v) is 5.29. The number of hydrogen-bond donors (Lipinski definition) is 2. The highest BCUT2D eigenvalue weighted by Gasteiger charge is 2.11. The van der Waals surface area contributed by atoms with E-state index in [4.69, 9.17) is 29.6 Å². The molecule has 20 heavy (non-hydrogen) atoms. The molecule has 1 atom stereocenters. The van der Waals surface area contributed by atoms with E-state index in [9.17, 15) is 4.39 Å². The van der Waals surface area contributed by atoms with E-state index < -0.39 is 0 Å². The highest BCUT2D eigenvalue weighted by molar-refractivity contribution is 7.80. The van der Waals surface area contributed by atoms with Crippen molar-refractivity contribution in [2.75, 3.05) is 5.32 Å². The topological polar surface area (TPSA) is 38.0 Å². The number of nitrogens with one attached hydrogen (secondary N) is 1. The molecule has 0 spiro atoms. The first kappa shape index (κ1) is 14.8. The average molecular weight is 309 g/mol. The summed E-state index contributed by atoms with van der Waals surface area (Å²) in [5, 5.41) is 3.67. The molecular formula is C15H14ClFN2S. The Morgan fingerprint density at radius 2 is 2.00 bits per heavy atom. The van der Waals surface area contributed by atoms with Crippen molar-refractivity contribution in [3.05, 3.63) is 64.4 Å². The Hall–Kier alpha value is -1.65. The SMILES string of the molecule is CC(Nc1ccc(C(N)=S)c(Cl)c1)c1ccccc1F. The van der Waals surface area contributed by atoms with Crippen LogP contribution in [0.2, 0.25) is 5.02 Å². The van der Waals surface area contributed by atoms with Crippen LogP contribution in [-0.4, -0.2) is 4.99 Å². The monoisotopic (exact) mass is 308 g/mol. The number of rotatable bonds is 4. The third-order valence-corrected chi connectivity index (χ3v) is 3.52. The number of hydrogen-bond acceptors (Lipinski definition) is 2. The molecule has 104 valence electrons. The van der Waals surface area contributed by atoms with Crippen LogP contribution in [-0.2, 0) is 0 Å². The highest BCUT2D eigenvalue weighted by atomic mass is 35.5. The molecule has 0 fully saturated rings. The first-order valence-electron chi connectivity index (χ1n) is 6.09. The lowest BCUT2D eigenvalue weighted by Crippen LogP contribution is -2.11. The van der Waals surface area contributed by atoms with E-state index in [0.717, 1.165) is 5.69 Å². The fraction of sp³-hybridized carbons (Fsp3) is 0.133. The predicted molar refractivity (Wildman–Crippen MR) is 85.8 cm³/mol. The normalized spacial score (nSPS) is 11.9. The molecule has 0 aliphatic rings. The summed E-state index contributed by atoms with van der Waals surface area (Å²) >= 11 is 11.0. The van der Waals surface area contributed by atoms with Crippen LogP contribution >= 0.6 is 23.8 Å². The quantitative estimate of drug-likeness (QED) is 0.828. The van der Waals surface area contributed by atoms with Crippen LogP contribution in [0.15, 0.2) is 42.5 Å². The van der Waals surface area contributed by atoms with Gasteiger partial charge in [0.1, 0.15) is 10.8 Å². The maximum Gasteiger partial charge on any atom is 0.128 e. The lowest BCUT2D eigenvalue weighted by atomic mass is 10.1. The van der Waals surface area contributed by atoms with E-state index in [0.29, 0.717) is 16.1 Å². The molecule has 2 nitrogen and oxygen atoms in total. The molecular weight excluding hydrogens is 295 g/mol. The smallest absolute Gasteiger partial charge is 0.128 e. The third kappa shape index (κ3) is 3.26. The molecule has 0 aromatic heterocycles. The van der Waals surface area contributed by atoms with Gasteiger partial charge < -0.3 is 11.1 Å². The van der Waals surface area contributed by atoms with E-state index in [1.807, 2.05) is 13.0 Å². The fourth-order valence-corrected chi connectivity index (χ4v) is 2.48. The van der Waals surface area contributed by atoms with Gasteiger partial charge in [-0.2, -0.15) is 0 Å². The molecule has 2 aromatic rings. The lowest BCUT2D eigenvalue weighted by Gasteiger charge is -2.17. The fourth-order valence-electron chi connectivity index (χ4n) is 1.96. The minimum absolute atomic E-state index is 0.178. The van der Waals surface area contributed by atoms with Crippen LogP contribution in [0.4, 0.5) is 10.1 Å². The van der Waals surface area contributed by atoms with Crippen LogP contribution in [0.25, 0.3) is 0 Å². The van der Waals surface area contributed by atoms with Crippen molar-refractivity contribution in [3.8, 4) is 0 Å². The van der Waals surface area contributed by atoms with Gasteiger partial charge in [-0.3, -0.25) is 0 Å². The minimum Gasteiger partial charge on any atom is -0.389 e. The lowest BCUT2D eigenvalue weighted by molar-refractivity contribution is 0.600. The molecule has 0 heterocycles. The summed E-state index contributed by atoms with van der Waals surface area (Å²) in [7, 11) is 0. The van der Waals surface area contributed by atoms with E-state index >= 15 is 0 Å². The molecule has 0 radical (unpaired) electrons. The zero-order valence-electron chi connectivity index (χ0n) is 10.9. The predicted octanol–water partition coefficient (Wildman–Crippen LogP) is 4.29. The number of thiocarbonyl (C=S) groups is 1. The van der Waals surface area contributed by atoms with Gasteiger partial charge >= 0.3 is 0 Å². The molecule has 0 aliphatic heterocycles. The van der Waals surface area contributed by atoms with Crippen molar-refractivity contribution < 1.29 is 4.39 Å². The first-order chi connectivity index (χ1) is 9.49. The van der Waals surface area contributed by atoms with Gasteiger partial charge in [0.2, 0.25) is 0 Å². The maximum atomic E-state index is 13.7. The third-order valence-electron chi connectivity index (χ3n) is 2.99. The van der Waals surface area contributed by atoms with Gasteiger partial charge in [0.05, 0.1) is 11.1 Å². The van der Waals surface area contributed by atoms with Gasteiger partial charge in [-0.05, 0) is 31.2 Å². The van der Waals surface area contributed by atoms with Crippen molar-refractivity contribution in [2.24, 2.45) is 5.73 Å². The molecule has 1 unspecified atom stereocenters. The van der Waals surface area contributed by atoms with Crippen LogP contribution < -0.4 is 11.1 Å². The highest BCUT2D eigenvalue weighted by Crippen LogP contribution is 2.25. The Labute approximate surface area is 127 Å². The van der Waals surface area contributed by atoms with Crippen molar-refractivity contribution in [1.29, 1.82) is 0 Å². The Balaban J connectivity index is 2.20. The average Bonchev–Trinajstić information content (AvgIpc) is 2.38. The molecule has 0 saturated carbocycles. The first-order valence-corrected chi connectivity index (χ1v) is 6.88. The molecule has 5 heteroatoms. The molecule has 2 aromatic carbocycles. The van der Waals surface area contributed by atoms with Crippen LogP contribution in [0.5, 0.6) is 0 Å². The summed E-state index contributed by atoms with van der Waals surface area (Å²) < 4.78 is 13.7. The molecule has 0 aliphatic carbocycles. The van der Waals surface area contributed by atoms with Crippen molar-refractivity contribution in [3.63, 3.8) is 0 Å². The summed E-state index contributed by atoms with van der Waals surface area (Å²) in [6, 6.07) is 11.8. The second kappa shape index (κ2) is 6.20. The van der Waals surface area contributed by atoms with Crippen LogP contribution in [0.1, 0.15) is 24.1 Å². The van der Waals surface area contributed by atoms with Gasteiger partial charge in [-0.15, -0.1) is 0 Å². The van der Waals surface area contributed by atoms with E-state index in [1.165, 1.54) is 6.07 Å². The summed E-state index contributed by atoms with van der Waals surface area (Å²) in [4.78, 5) is 0.253. The molecule has 0 amide bonds. The summed E-state index contributed by atoms with van der Waals surface area (Å²) in [5.74, 6) is -0.238. The number of anilines is 1. The maximum absolute atomic E-state index is 13.7. The largest absolute Gasteiger partial charge is 0.389 e. The van der Waals surface area contributed by atoms with Gasteiger partial charge in [-0.25, -0.2) is 4.39 Å². The zero-order valence-corrected chi connectivity index (χ0v) is 12.4. The van der Waals surface area contributed by atoms with Gasteiger partial charge in [0, 0.05) is 16.8 Å². The summed E-state index contributed by atoms with van der Waals surface area (Å²) in [5.41, 5.74) is 7.57. The van der Waals surface area contributed by atoms with E-state index in [1.54, 1.807) is 30.3 Å². The molecule has 2 rings (SSSR count). The van der Waals surface area contributed by atoms with Crippen LogP contribution in [0.3, 0.4) is 0 Å². The Kier molecular flexibility index (Phi) is 4.57. The molecule has 0 bridgehead atoms. The second-order valence-electron chi connectivity index (χ2n) is 4.45. The van der Waals surface area contributed by atoms with Gasteiger partial charge in [-0.1, -0.05) is 42.0 Å². The number of halogens is 2. The van der Waals surface area contributed by atoms with Crippen molar-refractivity contribution in [2.45, 2.75) is 13.0 Å². The van der Waals surface area contributed by atoms with Crippen LogP contribution in [0, 0.1) is 5.82 Å². The van der Waals surface area contributed by atoms with Crippen molar-refractivity contribution >= 4 is 34.5 Å². The summed E-state index contributed by atoms with van der Waals surface area (Å²) in [6.45, 7) is 1.88. The molecule has 3 N–H and O–H groups in total. The Morgan fingerprint density at radius 1 is 1.30 bits per heavy atom. The Morgan fingerprint density at radius 3 is 2.60 bits per heavy atom. The summed E-state index contributed by atoms with van der Waals surface area (Å²) in [6.07, 6.45) is 0. The standard InChI is InChI=1S/C15H14ClFN2S/c1-9(11-4-2-3-5-14(11)17)19-10-6-7-12(15(18)20)13(16)8-10/h2-9,19H,1H3,(H2,18,20). The number of benzene rings is 2. The minimum atomic E-state index is -0.238. The van der Waals surface area contributed by atoms with Gasteiger partial charge in [0.25, 0.3) is 0 Å². The zero-order chi connectivity index (χ0) is 14.7. The van der Waals surface area contributed by atoms with Gasteiger partial charge in [0.15, 0.2) is 0 Å². The number of nitrogens with two attached hydrogens (primary N) is 1.